The molecule has 3 amide bonds. The molecule has 1 aromatic rings. The summed E-state index contributed by atoms with van der Waals surface area (Å²) in [6.07, 6.45) is 0. The van der Waals surface area contributed by atoms with Crippen LogP contribution in [0.4, 0.5) is 10.5 Å². The van der Waals surface area contributed by atoms with Crippen molar-refractivity contribution < 1.29 is 9.59 Å². The average molecular weight is 262 g/mol. The molecule has 0 aliphatic heterocycles. The Bertz CT molecular complexity index is 423. The number of hydrogen-bond acceptors (Lipinski definition) is 2. The molecule has 16 heavy (non-hydrogen) atoms. The lowest BCUT2D eigenvalue weighted by molar-refractivity contribution is -0.119. The van der Waals surface area contributed by atoms with Crippen LogP contribution in [-0.2, 0) is 4.79 Å². The molecule has 0 fully saturated rings. The van der Waals surface area contributed by atoms with Gasteiger partial charge in [-0.15, -0.1) is 0 Å². The fourth-order valence-electron chi connectivity index (χ4n) is 0.881. The minimum Gasteiger partial charge on any atom is -0.307 e. The van der Waals surface area contributed by atoms with Gasteiger partial charge in [-0.05, 0) is 18.2 Å². The van der Waals surface area contributed by atoms with Crippen LogP contribution in [0.1, 0.15) is 6.92 Å². The zero-order chi connectivity index (χ0) is 12.1. The summed E-state index contributed by atoms with van der Waals surface area (Å²) >= 11 is 11.5. The zero-order valence-electron chi connectivity index (χ0n) is 8.30. The highest BCUT2D eigenvalue weighted by atomic mass is 35.5. The van der Waals surface area contributed by atoms with Gasteiger partial charge in [0, 0.05) is 12.6 Å². The number of hydrazine groups is 1. The molecule has 0 aliphatic carbocycles. The highest BCUT2D eigenvalue weighted by molar-refractivity contribution is 6.42. The van der Waals surface area contributed by atoms with E-state index in [0.717, 1.165) is 0 Å². The van der Waals surface area contributed by atoms with E-state index in [1.807, 2.05) is 0 Å². The molecule has 0 saturated carbocycles. The van der Waals surface area contributed by atoms with Crippen molar-refractivity contribution in [1.82, 2.24) is 10.9 Å². The second-order valence-corrected chi connectivity index (χ2v) is 3.70. The van der Waals surface area contributed by atoms with Crippen molar-refractivity contribution >= 4 is 40.8 Å². The van der Waals surface area contributed by atoms with Gasteiger partial charge < -0.3 is 5.32 Å². The van der Waals surface area contributed by atoms with E-state index in [1.165, 1.54) is 13.0 Å². The van der Waals surface area contributed by atoms with E-state index in [1.54, 1.807) is 12.1 Å². The summed E-state index contributed by atoms with van der Waals surface area (Å²) in [4.78, 5) is 21.7. The molecule has 0 heterocycles. The number of nitrogens with one attached hydrogen (secondary N) is 3. The summed E-state index contributed by atoms with van der Waals surface area (Å²) in [7, 11) is 0. The molecular formula is C9H9Cl2N3O2. The first kappa shape index (κ1) is 12.6. The lowest BCUT2D eigenvalue weighted by Gasteiger charge is -2.07. The smallest absolute Gasteiger partial charge is 0.307 e. The third-order valence-electron chi connectivity index (χ3n) is 1.53. The van der Waals surface area contributed by atoms with E-state index in [-0.39, 0.29) is 5.91 Å². The number of benzene rings is 1. The average Bonchev–Trinajstić information content (AvgIpc) is 2.21. The van der Waals surface area contributed by atoms with Gasteiger partial charge in [0.2, 0.25) is 5.91 Å². The topological polar surface area (TPSA) is 70.2 Å². The Labute approximate surface area is 102 Å². The molecule has 3 N–H and O–H groups in total. The van der Waals surface area contributed by atoms with E-state index in [0.29, 0.717) is 15.7 Å². The van der Waals surface area contributed by atoms with Gasteiger partial charge in [0.05, 0.1) is 10.0 Å². The molecule has 0 unspecified atom stereocenters. The summed E-state index contributed by atoms with van der Waals surface area (Å²) in [6.45, 7) is 1.28. The van der Waals surface area contributed by atoms with Crippen molar-refractivity contribution in [2.24, 2.45) is 0 Å². The number of carbonyl (C=O) groups excluding carboxylic acids is 2. The van der Waals surface area contributed by atoms with Gasteiger partial charge in [-0.1, -0.05) is 23.2 Å². The van der Waals surface area contributed by atoms with Crippen LogP contribution in [0.5, 0.6) is 0 Å². The summed E-state index contributed by atoms with van der Waals surface area (Å²) in [5, 5.41) is 3.19. The minimum atomic E-state index is -0.575. The Morgan fingerprint density at radius 3 is 2.38 bits per heavy atom. The third-order valence-corrected chi connectivity index (χ3v) is 2.27. The van der Waals surface area contributed by atoms with E-state index >= 15 is 0 Å². The fourth-order valence-corrected chi connectivity index (χ4v) is 1.18. The molecule has 0 radical (unpaired) electrons. The van der Waals surface area contributed by atoms with E-state index in [2.05, 4.69) is 16.2 Å². The van der Waals surface area contributed by atoms with Gasteiger partial charge in [-0.25, -0.2) is 10.2 Å². The Hall–Kier alpha value is -1.46. The number of amides is 3. The van der Waals surface area contributed by atoms with Gasteiger partial charge in [-0.3, -0.25) is 10.2 Å². The van der Waals surface area contributed by atoms with Gasteiger partial charge in [0.25, 0.3) is 0 Å². The number of halogens is 2. The second-order valence-electron chi connectivity index (χ2n) is 2.89. The fraction of sp³-hybridized carbons (Fsp3) is 0.111. The first-order valence-electron chi connectivity index (χ1n) is 4.27. The van der Waals surface area contributed by atoms with Crippen molar-refractivity contribution in [3.8, 4) is 0 Å². The lowest BCUT2D eigenvalue weighted by Crippen LogP contribution is -2.42. The second kappa shape index (κ2) is 5.58. The van der Waals surface area contributed by atoms with Crippen LogP contribution in [0.15, 0.2) is 18.2 Å². The Kier molecular flexibility index (Phi) is 4.39. The molecule has 0 aromatic heterocycles. The van der Waals surface area contributed by atoms with Crippen molar-refractivity contribution in [3.05, 3.63) is 28.2 Å². The quantitative estimate of drug-likeness (QED) is 0.679. The van der Waals surface area contributed by atoms with Crippen molar-refractivity contribution in [3.63, 3.8) is 0 Å². The van der Waals surface area contributed by atoms with Crippen molar-refractivity contribution in [1.29, 1.82) is 0 Å². The molecule has 0 bridgehead atoms. The van der Waals surface area contributed by atoms with Crippen LogP contribution in [0.25, 0.3) is 0 Å². The molecule has 5 nitrogen and oxygen atoms in total. The summed E-state index contributed by atoms with van der Waals surface area (Å²) in [6, 6.07) is 4.06. The number of hydrogen-bond donors (Lipinski definition) is 3. The maximum atomic E-state index is 11.2. The predicted molar refractivity (Wildman–Crippen MR) is 62.4 cm³/mol. The molecule has 1 rings (SSSR count). The monoisotopic (exact) mass is 261 g/mol. The normalized spacial score (nSPS) is 9.44. The highest BCUT2D eigenvalue weighted by Crippen LogP contribution is 2.24. The predicted octanol–water partition coefficient (Wildman–Crippen LogP) is 2.17. The first-order chi connectivity index (χ1) is 7.49. The minimum absolute atomic E-state index is 0.332. The summed E-state index contributed by atoms with van der Waals surface area (Å²) in [5.41, 5.74) is 4.74. The van der Waals surface area contributed by atoms with Gasteiger partial charge in [0.1, 0.15) is 0 Å². The van der Waals surface area contributed by atoms with Gasteiger partial charge in [0.15, 0.2) is 0 Å². The van der Waals surface area contributed by atoms with Crippen LogP contribution in [0.2, 0.25) is 10.0 Å². The Morgan fingerprint density at radius 1 is 1.12 bits per heavy atom. The number of anilines is 1. The molecule has 0 atom stereocenters. The van der Waals surface area contributed by atoms with E-state index in [4.69, 9.17) is 23.2 Å². The van der Waals surface area contributed by atoms with Crippen LogP contribution in [0.3, 0.4) is 0 Å². The van der Waals surface area contributed by atoms with Crippen molar-refractivity contribution in [2.45, 2.75) is 6.92 Å². The maximum Gasteiger partial charge on any atom is 0.337 e. The lowest BCUT2D eigenvalue weighted by atomic mass is 10.3. The van der Waals surface area contributed by atoms with Crippen LogP contribution < -0.4 is 16.2 Å². The molecule has 7 heteroatoms. The Balaban J connectivity index is 2.56. The molecule has 0 spiro atoms. The largest absolute Gasteiger partial charge is 0.337 e. The molecule has 86 valence electrons. The molecular weight excluding hydrogens is 253 g/mol. The molecule has 0 saturated heterocycles. The van der Waals surface area contributed by atoms with Crippen LogP contribution in [-0.4, -0.2) is 11.9 Å². The Morgan fingerprint density at radius 2 is 1.81 bits per heavy atom. The maximum absolute atomic E-state index is 11.2. The molecule has 0 aliphatic rings. The third kappa shape index (κ3) is 3.96. The SMILES string of the molecule is CC(=O)NNC(=O)Nc1ccc(Cl)c(Cl)c1. The van der Waals surface area contributed by atoms with Gasteiger partial charge in [-0.2, -0.15) is 0 Å². The van der Waals surface area contributed by atoms with Crippen molar-refractivity contribution in [2.75, 3.05) is 5.32 Å². The molecule has 1 aromatic carbocycles. The van der Waals surface area contributed by atoms with E-state index < -0.39 is 6.03 Å². The highest BCUT2D eigenvalue weighted by Gasteiger charge is 2.03. The van der Waals surface area contributed by atoms with Crippen LogP contribution in [0, 0.1) is 0 Å². The van der Waals surface area contributed by atoms with Gasteiger partial charge >= 0.3 is 6.03 Å². The van der Waals surface area contributed by atoms with E-state index in [9.17, 15) is 9.59 Å². The number of carbonyl (C=O) groups is 2. The standard InChI is InChI=1S/C9H9Cl2N3O2/c1-5(15)13-14-9(16)12-6-2-3-7(10)8(11)4-6/h2-4H,1H3,(H,13,15)(H2,12,14,16). The van der Waals surface area contributed by atoms with Crippen LogP contribution >= 0.6 is 23.2 Å². The summed E-state index contributed by atoms with van der Waals surface area (Å²) < 4.78 is 0. The number of urea groups is 1. The summed E-state index contributed by atoms with van der Waals surface area (Å²) in [5.74, 6) is -0.371. The first-order valence-corrected chi connectivity index (χ1v) is 5.03. The zero-order valence-corrected chi connectivity index (χ0v) is 9.82. The number of rotatable bonds is 1.